The Morgan fingerprint density at radius 2 is 1.42 bits per heavy atom. The first-order chi connectivity index (χ1) is 14.1. The molecule has 0 fully saturated rings. The van der Waals surface area contributed by atoms with Crippen LogP contribution in [-0.4, -0.2) is 0 Å². The Labute approximate surface area is 179 Å². The summed E-state index contributed by atoms with van der Waals surface area (Å²) in [5, 5.41) is 0. The van der Waals surface area contributed by atoms with Gasteiger partial charge >= 0.3 is 12.4 Å². The third kappa shape index (κ3) is 4.68. The normalized spacial score (nSPS) is 15.6. The lowest BCUT2D eigenvalue weighted by Crippen LogP contribution is -2.15. The van der Waals surface area contributed by atoms with Gasteiger partial charge in [-0.1, -0.05) is 58.4 Å². The first-order valence-corrected chi connectivity index (χ1v) is 10.3. The quantitative estimate of drug-likeness (QED) is 0.419. The first kappa shape index (κ1) is 23.4. The highest BCUT2D eigenvalue weighted by atomic mass is 19.4. The Bertz CT molecular complexity index is 984. The lowest BCUT2D eigenvalue weighted by molar-refractivity contribution is -0.143. The van der Waals surface area contributed by atoms with Crippen LogP contribution in [0.5, 0.6) is 0 Å². The van der Waals surface area contributed by atoms with Crippen molar-refractivity contribution in [3.63, 3.8) is 0 Å². The van der Waals surface area contributed by atoms with Crippen molar-refractivity contribution in [2.75, 3.05) is 0 Å². The largest absolute Gasteiger partial charge is 0.416 e. The minimum absolute atomic E-state index is 0.0504. The highest BCUT2D eigenvalue weighted by Crippen LogP contribution is 2.45. The summed E-state index contributed by atoms with van der Waals surface area (Å²) >= 11 is 0. The van der Waals surface area contributed by atoms with E-state index in [1.165, 1.54) is 0 Å². The van der Waals surface area contributed by atoms with Gasteiger partial charge in [0.2, 0.25) is 0 Å². The molecule has 0 bridgehead atoms. The SMILES string of the molecule is CCC(C)C1=Cc2c(ccc(C(C)(C)C)c2-c2cc(C(F)(F)F)cc(C(F)(F)F)c2)C1. The molecule has 0 aliphatic heterocycles. The monoisotopic (exact) mass is 440 g/mol. The summed E-state index contributed by atoms with van der Waals surface area (Å²) in [7, 11) is 0. The number of rotatable bonds is 3. The van der Waals surface area contributed by atoms with E-state index in [4.69, 9.17) is 0 Å². The van der Waals surface area contributed by atoms with Crippen LogP contribution in [0.25, 0.3) is 17.2 Å². The van der Waals surface area contributed by atoms with E-state index in [1.807, 2.05) is 39.0 Å². The van der Waals surface area contributed by atoms with Crippen molar-refractivity contribution >= 4 is 6.08 Å². The number of alkyl halides is 6. The van der Waals surface area contributed by atoms with Crippen LogP contribution in [0.3, 0.4) is 0 Å². The smallest absolute Gasteiger partial charge is 0.166 e. The number of benzene rings is 2. The second-order valence-corrected chi connectivity index (χ2v) is 9.31. The zero-order chi connectivity index (χ0) is 23.4. The van der Waals surface area contributed by atoms with Crippen LogP contribution in [0, 0.1) is 5.92 Å². The molecule has 31 heavy (non-hydrogen) atoms. The van der Waals surface area contributed by atoms with Gasteiger partial charge in [-0.15, -0.1) is 0 Å². The average Bonchev–Trinajstić information content (AvgIpc) is 3.08. The molecule has 0 radical (unpaired) electrons. The Balaban J connectivity index is 2.37. The maximum absolute atomic E-state index is 13.5. The number of fused-ring (bicyclic) bond motifs is 1. The van der Waals surface area contributed by atoms with E-state index >= 15 is 0 Å². The second-order valence-electron chi connectivity index (χ2n) is 9.31. The number of hydrogen-bond acceptors (Lipinski definition) is 0. The highest BCUT2D eigenvalue weighted by Gasteiger charge is 2.38. The van der Waals surface area contributed by atoms with Crippen LogP contribution in [0.15, 0.2) is 35.9 Å². The maximum Gasteiger partial charge on any atom is 0.416 e. The van der Waals surface area contributed by atoms with E-state index in [1.54, 1.807) is 0 Å². The number of halogens is 6. The molecule has 0 spiro atoms. The summed E-state index contributed by atoms with van der Waals surface area (Å²) in [6, 6.07) is 5.66. The van der Waals surface area contributed by atoms with Crippen molar-refractivity contribution in [1.82, 2.24) is 0 Å². The molecule has 3 rings (SSSR count). The van der Waals surface area contributed by atoms with Gasteiger partial charge in [0, 0.05) is 0 Å². The first-order valence-electron chi connectivity index (χ1n) is 10.3. The molecular weight excluding hydrogens is 414 g/mol. The van der Waals surface area contributed by atoms with Gasteiger partial charge in [-0.25, -0.2) is 0 Å². The molecular formula is C25H26F6. The molecule has 0 saturated heterocycles. The molecule has 0 N–H and O–H groups in total. The van der Waals surface area contributed by atoms with Crippen LogP contribution in [0.2, 0.25) is 0 Å². The minimum Gasteiger partial charge on any atom is -0.166 e. The van der Waals surface area contributed by atoms with Crippen LogP contribution in [0.4, 0.5) is 26.3 Å². The van der Waals surface area contributed by atoms with E-state index in [0.717, 1.165) is 40.8 Å². The fraction of sp³-hybridized carbons (Fsp3) is 0.440. The molecule has 0 saturated carbocycles. The summed E-state index contributed by atoms with van der Waals surface area (Å²) in [4.78, 5) is 0. The van der Waals surface area contributed by atoms with E-state index in [-0.39, 0.29) is 17.5 Å². The van der Waals surface area contributed by atoms with Crippen molar-refractivity contribution in [1.29, 1.82) is 0 Å². The zero-order valence-corrected chi connectivity index (χ0v) is 18.2. The fourth-order valence-corrected chi connectivity index (χ4v) is 4.05. The molecule has 1 aliphatic carbocycles. The summed E-state index contributed by atoms with van der Waals surface area (Å²) in [6.07, 6.45) is -6.24. The van der Waals surface area contributed by atoms with Gasteiger partial charge in [0.25, 0.3) is 0 Å². The number of allylic oxidation sites excluding steroid dienone is 1. The average molecular weight is 440 g/mol. The van der Waals surface area contributed by atoms with Gasteiger partial charge in [0.05, 0.1) is 11.1 Å². The standard InChI is InChI=1S/C25H26F6/c1-6-14(2)16-9-15-7-8-21(23(3,4)5)22(20(15)12-16)17-10-18(24(26,27)28)13-19(11-17)25(29,30)31/h7-8,10-14H,6,9H2,1-5H3. The number of hydrogen-bond donors (Lipinski definition) is 0. The van der Waals surface area contributed by atoms with E-state index in [9.17, 15) is 26.3 Å². The molecule has 2 aromatic rings. The molecule has 6 heteroatoms. The third-order valence-corrected chi connectivity index (χ3v) is 5.99. The summed E-state index contributed by atoms with van der Waals surface area (Å²) in [6.45, 7) is 9.85. The van der Waals surface area contributed by atoms with Crippen LogP contribution in [-0.2, 0) is 24.2 Å². The molecule has 0 nitrogen and oxygen atoms in total. The Kier molecular flexibility index (Phi) is 5.83. The highest BCUT2D eigenvalue weighted by molar-refractivity contribution is 5.84. The summed E-state index contributed by atoms with van der Waals surface area (Å²) in [5.41, 5.74) is 0.889. The lowest BCUT2D eigenvalue weighted by Gasteiger charge is -2.26. The maximum atomic E-state index is 13.5. The summed E-state index contributed by atoms with van der Waals surface area (Å²) < 4.78 is 81.0. The van der Waals surface area contributed by atoms with Crippen molar-refractivity contribution in [3.05, 3.63) is 63.7 Å². The van der Waals surface area contributed by atoms with Crippen molar-refractivity contribution in [3.8, 4) is 11.1 Å². The van der Waals surface area contributed by atoms with Crippen molar-refractivity contribution in [2.45, 2.75) is 65.2 Å². The lowest BCUT2D eigenvalue weighted by atomic mass is 9.78. The molecule has 0 amide bonds. The predicted octanol–water partition coefficient (Wildman–Crippen LogP) is 8.67. The van der Waals surface area contributed by atoms with Gasteiger partial charge < -0.3 is 0 Å². The molecule has 0 heterocycles. The topological polar surface area (TPSA) is 0 Å². The van der Waals surface area contributed by atoms with E-state index < -0.39 is 28.9 Å². The third-order valence-electron chi connectivity index (χ3n) is 5.99. The molecule has 1 unspecified atom stereocenters. The Morgan fingerprint density at radius 1 is 0.871 bits per heavy atom. The zero-order valence-electron chi connectivity index (χ0n) is 18.2. The van der Waals surface area contributed by atoms with Gasteiger partial charge in [0.1, 0.15) is 0 Å². The molecule has 1 aliphatic rings. The fourth-order valence-electron chi connectivity index (χ4n) is 4.05. The predicted molar refractivity (Wildman–Crippen MR) is 112 cm³/mol. The van der Waals surface area contributed by atoms with Crippen molar-refractivity contribution in [2.24, 2.45) is 5.92 Å². The van der Waals surface area contributed by atoms with Crippen molar-refractivity contribution < 1.29 is 26.3 Å². The summed E-state index contributed by atoms with van der Waals surface area (Å²) in [5.74, 6) is 0.283. The second kappa shape index (κ2) is 7.72. The molecule has 0 aromatic heterocycles. The van der Waals surface area contributed by atoms with E-state index in [2.05, 4.69) is 13.8 Å². The Hall–Kier alpha value is -2.24. The molecule has 1 atom stereocenters. The molecule has 168 valence electrons. The van der Waals surface area contributed by atoms with Crippen LogP contribution in [0.1, 0.15) is 68.9 Å². The van der Waals surface area contributed by atoms with E-state index in [0.29, 0.717) is 12.0 Å². The van der Waals surface area contributed by atoms with Gasteiger partial charge in [0.15, 0.2) is 0 Å². The molecule has 2 aromatic carbocycles. The van der Waals surface area contributed by atoms with Crippen LogP contribution >= 0.6 is 0 Å². The van der Waals surface area contributed by atoms with Gasteiger partial charge in [-0.05, 0) is 70.2 Å². The van der Waals surface area contributed by atoms with Gasteiger partial charge in [-0.2, -0.15) is 26.3 Å². The Morgan fingerprint density at radius 3 is 1.87 bits per heavy atom. The van der Waals surface area contributed by atoms with Gasteiger partial charge in [-0.3, -0.25) is 0 Å². The van der Waals surface area contributed by atoms with Crippen LogP contribution < -0.4 is 0 Å². The minimum atomic E-state index is -4.88.